The van der Waals surface area contributed by atoms with Crippen LogP contribution in [-0.2, 0) is 25.6 Å². The molecule has 1 aliphatic rings. The van der Waals surface area contributed by atoms with Crippen molar-refractivity contribution in [2.24, 2.45) is 0 Å². The SMILES string of the molecule is C=CCOC(=O)CN(C[C@H]1CCCN1C(=O)OC(C)(C)C)C(=O)Cn1ccc(NC(=O)c2ccccc2)nc1=O. The highest BCUT2D eigenvalue weighted by Gasteiger charge is 2.35. The van der Waals surface area contributed by atoms with Crippen molar-refractivity contribution in [1.29, 1.82) is 0 Å². The van der Waals surface area contributed by atoms with Gasteiger partial charge in [-0.25, -0.2) is 9.59 Å². The summed E-state index contributed by atoms with van der Waals surface area (Å²) in [5.41, 5.74) is -1.05. The average Bonchev–Trinajstić information content (AvgIpc) is 3.36. The number of aromatic nitrogens is 2. The topological polar surface area (TPSA) is 140 Å². The third-order valence-corrected chi connectivity index (χ3v) is 5.93. The molecular weight excluding hydrogens is 518 g/mol. The number of esters is 1. The van der Waals surface area contributed by atoms with E-state index in [1.54, 1.807) is 56.0 Å². The first-order valence-electron chi connectivity index (χ1n) is 12.9. The van der Waals surface area contributed by atoms with Crippen molar-refractivity contribution in [2.45, 2.75) is 51.8 Å². The van der Waals surface area contributed by atoms with Crippen molar-refractivity contribution in [2.75, 3.05) is 31.6 Å². The fourth-order valence-corrected chi connectivity index (χ4v) is 4.09. The fourth-order valence-electron chi connectivity index (χ4n) is 4.09. The van der Waals surface area contributed by atoms with Gasteiger partial charge in [0.1, 0.15) is 31.1 Å². The number of carbonyl (C=O) groups is 4. The molecule has 214 valence electrons. The van der Waals surface area contributed by atoms with Crippen LogP contribution >= 0.6 is 0 Å². The summed E-state index contributed by atoms with van der Waals surface area (Å²) in [4.78, 5) is 70.1. The van der Waals surface area contributed by atoms with Gasteiger partial charge in [0.15, 0.2) is 0 Å². The first-order chi connectivity index (χ1) is 19.0. The third-order valence-electron chi connectivity index (χ3n) is 5.93. The number of nitrogens with one attached hydrogen (secondary N) is 1. The van der Waals surface area contributed by atoms with Gasteiger partial charge in [-0.2, -0.15) is 4.98 Å². The molecule has 1 fully saturated rings. The van der Waals surface area contributed by atoms with Crippen molar-refractivity contribution in [3.8, 4) is 0 Å². The van der Waals surface area contributed by atoms with E-state index in [1.165, 1.54) is 23.2 Å². The lowest BCUT2D eigenvalue weighted by Crippen LogP contribution is -2.49. The molecule has 1 saturated heterocycles. The molecule has 3 rings (SSSR count). The maximum absolute atomic E-state index is 13.3. The summed E-state index contributed by atoms with van der Waals surface area (Å²) < 4.78 is 11.6. The number of ether oxygens (including phenoxy) is 2. The predicted molar refractivity (Wildman–Crippen MR) is 147 cm³/mol. The minimum atomic E-state index is -0.760. The van der Waals surface area contributed by atoms with Gasteiger partial charge in [-0.15, -0.1) is 0 Å². The van der Waals surface area contributed by atoms with Crippen LogP contribution in [0.5, 0.6) is 0 Å². The number of rotatable bonds is 10. The molecule has 1 N–H and O–H groups in total. The molecule has 1 aromatic heterocycles. The average molecular weight is 554 g/mol. The molecule has 0 unspecified atom stereocenters. The zero-order chi connectivity index (χ0) is 29.3. The van der Waals surface area contributed by atoms with Gasteiger partial charge in [0, 0.05) is 24.8 Å². The number of likely N-dealkylation sites (tertiary alicyclic amines) is 1. The van der Waals surface area contributed by atoms with E-state index < -0.39 is 41.7 Å². The Bertz CT molecular complexity index is 1290. The summed E-state index contributed by atoms with van der Waals surface area (Å²) in [7, 11) is 0. The van der Waals surface area contributed by atoms with Gasteiger partial charge in [0.25, 0.3) is 5.91 Å². The molecule has 1 aliphatic heterocycles. The Morgan fingerprint density at radius 1 is 1.18 bits per heavy atom. The smallest absolute Gasteiger partial charge is 0.410 e. The number of anilines is 1. The van der Waals surface area contributed by atoms with E-state index in [0.717, 1.165) is 4.57 Å². The van der Waals surface area contributed by atoms with E-state index in [0.29, 0.717) is 24.9 Å². The van der Waals surface area contributed by atoms with Crippen LogP contribution in [-0.4, -0.2) is 81.1 Å². The highest BCUT2D eigenvalue weighted by Crippen LogP contribution is 2.22. The van der Waals surface area contributed by atoms with E-state index in [1.807, 2.05) is 0 Å². The Labute approximate surface area is 232 Å². The van der Waals surface area contributed by atoms with Crippen molar-refractivity contribution >= 4 is 29.7 Å². The fraction of sp³-hybridized carbons (Fsp3) is 0.429. The van der Waals surface area contributed by atoms with Crippen LogP contribution in [0.4, 0.5) is 10.6 Å². The van der Waals surface area contributed by atoms with Gasteiger partial charge < -0.3 is 24.6 Å². The van der Waals surface area contributed by atoms with Crippen molar-refractivity contribution < 1.29 is 28.7 Å². The summed E-state index contributed by atoms with van der Waals surface area (Å²) in [6.07, 6.45) is 3.58. The second kappa shape index (κ2) is 13.5. The number of carbonyl (C=O) groups excluding carboxylic acids is 4. The molecule has 3 amide bonds. The standard InChI is InChI=1S/C28H35N5O7/c1-5-16-39-24(35)19-32(17-21-12-9-14-33(21)27(38)40-28(2,3)4)23(34)18-31-15-13-22(30-26(31)37)29-25(36)20-10-7-6-8-11-20/h5-8,10-11,13,15,21H,1,9,12,14,16-19H2,2-4H3,(H,29,30,36,37)/t21-/m1/s1. The molecule has 40 heavy (non-hydrogen) atoms. The summed E-state index contributed by atoms with van der Waals surface area (Å²) in [6.45, 7) is 8.52. The largest absolute Gasteiger partial charge is 0.460 e. The number of benzene rings is 1. The number of amides is 3. The summed E-state index contributed by atoms with van der Waals surface area (Å²) in [5.74, 6) is -1.60. The zero-order valence-electron chi connectivity index (χ0n) is 23.0. The monoisotopic (exact) mass is 553 g/mol. The molecular formula is C28H35N5O7. The molecule has 0 saturated carbocycles. The van der Waals surface area contributed by atoms with Crippen molar-refractivity contribution in [1.82, 2.24) is 19.4 Å². The van der Waals surface area contributed by atoms with Gasteiger partial charge in [0.05, 0.1) is 6.04 Å². The molecule has 1 aromatic carbocycles. The molecule has 1 atom stereocenters. The first-order valence-corrected chi connectivity index (χ1v) is 12.9. The van der Waals surface area contributed by atoms with Crippen LogP contribution in [0.3, 0.4) is 0 Å². The lowest BCUT2D eigenvalue weighted by atomic mass is 10.2. The van der Waals surface area contributed by atoms with E-state index in [-0.39, 0.29) is 31.6 Å². The van der Waals surface area contributed by atoms with Crippen LogP contribution in [0.1, 0.15) is 44.0 Å². The van der Waals surface area contributed by atoms with Gasteiger partial charge in [-0.3, -0.25) is 19.0 Å². The van der Waals surface area contributed by atoms with Crippen LogP contribution in [0.25, 0.3) is 0 Å². The maximum atomic E-state index is 13.3. The van der Waals surface area contributed by atoms with E-state index >= 15 is 0 Å². The zero-order valence-corrected chi connectivity index (χ0v) is 23.0. The molecule has 12 heteroatoms. The normalized spacial score (nSPS) is 14.8. The third kappa shape index (κ3) is 8.79. The van der Waals surface area contributed by atoms with Gasteiger partial charge in [0.2, 0.25) is 5.91 Å². The molecule has 0 radical (unpaired) electrons. The Morgan fingerprint density at radius 2 is 1.90 bits per heavy atom. The Morgan fingerprint density at radius 3 is 2.55 bits per heavy atom. The number of hydrogen-bond acceptors (Lipinski definition) is 8. The highest BCUT2D eigenvalue weighted by atomic mass is 16.6. The first kappa shape index (κ1) is 30.1. The van der Waals surface area contributed by atoms with Gasteiger partial charge >= 0.3 is 17.8 Å². The molecule has 0 spiro atoms. The number of nitrogens with zero attached hydrogens (tertiary/aromatic N) is 4. The lowest BCUT2D eigenvalue weighted by Gasteiger charge is -2.32. The summed E-state index contributed by atoms with van der Waals surface area (Å²) in [6, 6.07) is 9.47. The van der Waals surface area contributed by atoms with Crippen molar-refractivity contribution in [3.05, 3.63) is 71.3 Å². The Hall–Kier alpha value is -4.48. The van der Waals surface area contributed by atoms with E-state index in [4.69, 9.17) is 9.47 Å². The summed E-state index contributed by atoms with van der Waals surface area (Å²) in [5, 5.41) is 2.55. The lowest BCUT2D eigenvalue weighted by molar-refractivity contribution is -0.149. The van der Waals surface area contributed by atoms with Crippen LogP contribution in [0.15, 0.2) is 60.0 Å². The number of hydrogen-bond donors (Lipinski definition) is 1. The Balaban J connectivity index is 1.73. The van der Waals surface area contributed by atoms with Crippen LogP contribution in [0, 0.1) is 0 Å². The molecule has 2 heterocycles. The maximum Gasteiger partial charge on any atom is 0.410 e. The van der Waals surface area contributed by atoms with E-state index in [9.17, 15) is 24.0 Å². The highest BCUT2D eigenvalue weighted by molar-refractivity contribution is 6.03. The predicted octanol–water partition coefficient (Wildman–Crippen LogP) is 2.45. The minimum Gasteiger partial charge on any atom is -0.460 e. The van der Waals surface area contributed by atoms with Gasteiger partial charge in [-0.1, -0.05) is 30.9 Å². The van der Waals surface area contributed by atoms with Crippen LogP contribution < -0.4 is 11.0 Å². The molecule has 12 nitrogen and oxygen atoms in total. The Kier molecular flexibility index (Phi) is 10.2. The summed E-state index contributed by atoms with van der Waals surface area (Å²) >= 11 is 0. The minimum absolute atomic E-state index is 0.0200. The van der Waals surface area contributed by atoms with Gasteiger partial charge in [-0.05, 0) is 51.8 Å². The molecule has 2 aromatic rings. The second-order valence-corrected chi connectivity index (χ2v) is 10.3. The quantitative estimate of drug-likeness (QED) is 0.350. The van der Waals surface area contributed by atoms with Crippen LogP contribution in [0.2, 0.25) is 0 Å². The van der Waals surface area contributed by atoms with Crippen molar-refractivity contribution in [3.63, 3.8) is 0 Å². The van der Waals surface area contributed by atoms with E-state index in [2.05, 4.69) is 16.9 Å². The molecule has 0 aliphatic carbocycles. The second-order valence-electron chi connectivity index (χ2n) is 10.3. The molecule has 0 bridgehead atoms.